The van der Waals surface area contributed by atoms with Crippen LogP contribution in [0.5, 0.6) is 0 Å². The first kappa shape index (κ1) is 28.1. The second-order valence-electron chi connectivity index (χ2n) is 11.8. The monoisotopic (exact) mass is 550 g/mol. The number of nitrogens with zero attached hydrogens (tertiary/aromatic N) is 5. The second-order valence-corrected chi connectivity index (χ2v) is 11.8. The van der Waals surface area contributed by atoms with Gasteiger partial charge in [-0.1, -0.05) is 12.1 Å². The van der Waals surface area contributed by atoms with Gasteiger partial charge < -0.3 is 20.0 Å². The molecule has 1 aromatic carbocycles. The van der Waals surface area contributed by atoms with Crippen molar-refractivity contribution in [3.05, 3.63) is 58.9 Å². The molecule has 3 unspecified atom stereocenters. The third-order valence-corrected chi connectivity index (χ3v) is 9.12. The Labute approximate surface area is 235 Å². The maximum absolute atomic E-state index is 14.1. The maximum Gasteiger partial charge on any atom is 0.257 e. The lowest BCUT2D eigenvalue weighted by molar-refractivity contribution is -0.138. The number of halogens is 1. The summed E-state index contributed by atoms with van der Waals surface area (Å²) in [5.74, 6) is 0.327. The van der Waals surface area contributed by atoms with Crippen molar-refractivity contribution >= 4 is 17.7 Å². The molecule has 2 aliphatic heterocycles. The summed E-state index contributed by atoms with van der Waals surface area (Å²) in [6, 6.07) is 6.25. The molecule has 3 heterocycles. The number of nitrogens with one attached hydrogen (secondary N) is 1. The molecule has 3 aliphatic rings. The molecule has 0 radical (unpaired) electrons. The van der Waals surface area contributed by atoms with Crippen molar-refractivity contribution in [2.24, 2.45) is 17.8 Å². The summed E-state index contributed by atoms with van der Waals surface area (Å²) < 4.78 is 14.1. The molecule has 40 heavy (non-hydrogen) atoms. The third kappa shape index (κ3) is 5.87. The number of aromatic nitrogens is 2. The number of aryl methyl sites for hydroxylation is 2. The van der Waals surface area contributed by atoms with Gasteiger partial charge in [-0.15, -0.1) is 0 Å². The summed E-state index contributed by atoms with van der Waals surface area (Å²) in [6.07, 6.45) is 3.46. The van der Waals surface area contributed by atoms with E-state index in [2.05, 4.69) is 20.2 Å². The summed E-state index contributed by atoms with van der Waals surface area (Å²) in [5.41, 5.74) is 2.80. The Balaban J connectivity index is 1.16. The second kappa shape index (κ2) is 11.6. The fourth-order valence-electron chi connectivity index (χ4n) is 6.52. The van der Waals surface area contributed by atoms with E-state index < -0.39 is 0 Å². The van der Waals surface area contributed by atoms with Gasteiger partial charge in [0.25, 0.3) is 5.91 Å². The van der Waals surface area contributed by atoms with Crippen LogP contribution in [0.25, 0.3) is 0 Å². The van der Waals surface area contributed by atoms with Crippen molar-refractivity contribution in [1.82, 2.24) is 30.0 Å². The number of likely N-dealkylation sites (tertiary alicyclic amines) is 2. The van der Waals surface area contributed by atoms with E-state index >= 15 is 0 Å². The van der Waals surface area contributed by atoms with Gasteiger partial charge in [0.05, 0.1) is 23.0 Å². The Bertz CT molecular complexity index is 1250. The maximum atomic E-state index is 14.1. The lowest BCUT2D eigenvalue weighted by atomic mass is 9.78. The highest BCUT2D eigenvalue weighted by Crippen LogP contribution is 2.34. The Morgan fingerprint density at radius 2 is 1.73 bits per heavy atom. The van der Waals surface area contributed by atoms with E-state index in [4.69, 9.17) is 0 Å². The van der Waals surface area contributed by atoms with Crippen LogP contribution in [0.3, 0.4) is 0 Å². The van der Waals surface area contributed by atoms with Crippen molar-refractivity contribution in [2.75, 3.05) is 39.8 Å². The molecule has 214 valence electrons. The van der Waals surface area contributed by atoms with Gasteiger partial charge in [0.2, 0.25) is 11.8 Å². The highest BCUT2D eigenvalue weighted by Gasteiger charge is 2.42. The van der Waals surface area contributed by atoms with Gasteiger partial charge in [0.1, 0.15) is 12.1 Å². The summed E-state index contributed by atoms with van der Waals surface area (Å²) in [4.78, 5) is 52.4. The van der Waals surface area contributed by atoms with Crippen LogP contribution in [-0.4, -0.2) is 88.2 Å². The average Bonchev–Trinajstić information content (AvgIpc) is 3.44. The van der Waals surface area contributed by atoms with Crippen LogP contribution in [0.2, 0.25) is 0 Å². The molecule has 3 amide bonds. The molecular weight excluding hydrogens is 511 g/mol. The van der Waals surface area contributed by atoms with Gasteiger partial charge in [0, 0.05) is 58.7 Å². The van der Waals surface area contributed by atoms with Crippen LogP contribution in [0.4, 0.5) is 4.39 Å². The molecular formula is C30H39FN6O3. The van der Waals surface area contributed by atoms with E-state index in [1.165, 1.54) is 25.4 Å². The standard InChI is InChI=1S/C30H39FN6O3/c1-18-28(19(2)33-17-32-18)30(40)37-15-23-13-36(14-24(23)16-37)9-8-27(21-6-5-7-25(31)10-21)34-29(39)22-11-26(12-22)35(4)20(3)38/h5-7,10,17,22-24,26-27H,8-9,11-16H2,1-4H3,(H,34,39). The SMILES string of the molecule is CC(=O)N(C)C1CC(C(=O)NC(CCN2CC3CN(C(=O)c4c(C)ncnc4C)CC3C2)c2cccc(F)c2)C1. The van der Waals surface area contributed by atoms with Crippen molar-refractivity contribution in [3.8, 4) is 0 Å². The Hall–Kier alpha value is -3.40. The van der Waals surface area contributed by atoms with E-state index in [9.17, 15) is 18.8 Å². The molecule has 0 spiro atoms. The zero-order valence-electron chi connectivity index (χ0n) is 23.8. The average molecular weight is 551 g/mol. The van der Waals surface area contributed by atoms with Crippen LogP contribution in [0, 0.1) is 37.4 Å². The predicted molar refractivity (Wildman–Crippen MR) is 148 cm³/mol. The van der Waals surface area contributed by atoms with E-state index in [1.54, 1.807) is 18.0 Å². The predicted octanol–water partition coefficient (Wildman–Crippen LogP) is 2.74. The molecule has 2 aromatic rings. The lowest BCUT2D eigenvalue weighted by Gasteiger charge is -2.40. The number of hydrogen-bond acceptors (Lipinski definition) is 6. The molecule has 3 atom stereocenters. The van der Waals surface area contributed by atoms with Crippen molar-refractivity contribution in [3.63, 3.8) is 0 Å². The summed E-state index contributed by atoms with van der Waals surface area (Å²) >= 11 is 0. The largest absolute Gasteiger partial charge is 0.349 e. The van der Waals surface area contributed by atoms with Gasteiger partial charge in [-0.05, 0) is 62.6 Å². The Kier molecular flexibility index (Phi) is 8.16. The first-order valence-corrected chi connectivity index (χ1v) is 14.2. The van der Waals surface area contributed by atoms with Gasteiger partial charge in [-0.2, -0.15) is 0 Å². The fourth-order valence-corrected chi connectivity index (χ4v) is 6.52. The van der Waals surface area contributed by atoms with Crippen LogP contribution >= 0.6 is 0 Å². The number of hydrogen-bond donors (Lipinski definition) is 1. The third-order valence-electron chi connectivity index (χ3n) is 9.12. The number of benzene rings is 1. The Morgan fingerprint density at radius 1 is 1.07 bits per heavy atom. The minimum absolute atomic E-state index is 0.00340. The number of carbonyl (C=O) groups is 3. The molecule has 1 saturated carbocycles. The lowest BCUT2D eigenvalue weighted by Crippen LogP contribution is -2.50. The van der Waals surface area contributed by atoms with Crippen molar-refractivity contribution < 1.29 is 18.8 Å². The van der Waals surface area contributed by atoms with Crippen LogP contribution in [0.15, 0.2) is 30.6 Å². The summed E-state index contributed by atoms with van der Waals surface area (Å²) in [6.45, 7) is 9.23. The van der Waals surface area contributed by atoms with Gasteiger partial charge in [0.15, 0.2) is 0 Å². The molecule has 1 aliphatic carbocycles. The minimum Gasteiger partial charge on any atom is -0.349 e. The fraction of sp³-hybridized carbons (Fsp3) is 0.567. The van der Waals surface area contributed by atoms with Gasteiger partial charge >= 0.3 is 0 Å². The van der Waals surface area contributed by atoms with E-state index in [1.807, 2.05) is 24.8 Å². The van der Waals surface area contributed by atoms with E-state index in [0.717, 1.165) is 38.3 Å². The van der Waals surface area contributed by atoms with Crippen LogP contribution < -0.4 is 5.32 Å². The topological polar surface area (TPSA) is 98.7 Å². The number of rotatable bonds is 8. The molecule has 1 N–H and O–H groups in total. The first-order valence-electron chi connectivity index (χ1n) is 14.2. The Morgan fingerprint density at radius 3 is 2.33 bits per heavy atom. The van der Waals surface area contributed by atoms with Crippen molar-refractivity contribution in [2.45, 2.75) is 52.1 Å². The van der Waals surface area contributed by atoms with Gasteiger partial charge in [-0.3, -0.25) is 14.4 Å². The van der Waals surface area contributed by atoms with E-state index in [0.29, 0.717) is 48.0 Å². The first-order chi connectivity index (χ1) is 19.1. The van der Waals surface area contributed by atoms with E-state index in [-0.39, 0.29) is 41.5 Å². The molecule has 5 rings (SSSR count). The normalized spacial score (nSPS) is 24.8. The number of fused-ring (bicyclic) bond motifs is 1. The molecule has 0 bridgehead atoms. The molecule has 10 heteroatoms. The quantitative estimate of drug-likeness (QED) is 0.543. The van der Waals surface area contributed by atoms with Crippen molar-refractivity contribution in [1.29, 1.82) is 0 Å². The van der Waals surface area contributed by atoms with Crippen LogP contribution in [0.1, 0.15) is 59.5 Å². The van der Waals surface area contributed by atoms with Crippen LogP contribution in [-0.2, 0) is 9.59 Å². The smallest absolute Gasteiger partial charge is 0.257 e. The highest BCUT2D eigenvalue weighted by molar-refractivity contribution is 5.96. The molecule has 2 saturated heterocycles. The summed E-state index contributed by atoms with van der Waals surface area (Å²) in [5, 5.41) is 3.18. The number of carbonyl (C=O) groups excluding carboxylic acids is 3. The summed E-state index contributed by atoms with van der Waals surface area (Å²) in [7, 11) is 1.77. The highest BCUT2D eigenvalue weighted by atomic mass is 19.1. The molecule has 9 nitrogen and oxygen atoms in total. The number of amides is 3. The van der Waals surface area contributed by atoms with Gasteiger partial charge in [-0.25, -0.2) is 14.4 Å². The minimum atomic E-state index is -0.321. The molecule has 1 aromatic heterocycles. The molecule has 3 fully saturated rings. The zero-order valence-corrected chi connectivity index (χ0v) is 23.8. The zero-order chi connectivity index (χ0) is 28.6.